The molecule has 0 saturated heterocycles. The number of fused-ring (bicyclic) bond motifs is 1. The third kappa shape index (κ3) is 4.65. The Balaban J connectivity index is 1.52. The van der Waals surface area contributed by atoms with Crippen molar-refractivity contribution in [2.24, 2.45) is 0 Å². The molecule has 1 N–H and O–H groups in total. The van der Waals surface area contributed by atoms with Gasteiger partial charge in [0.2, 0.25) is 0 Å². The number of aromatic nitrogens is 1. The first-order chi connectivity index (χ1) is 14.5. The number of nitrogens with zero attached hydrogens (tertiary/aromatic N) is 2. The Bertz CT molecular complexity index is 1070. The molecular formula is C23H24ClN3O3. The van der Waals surface area contributed by atoms with E-state index in [4.69, 9.17) is 16.0 Å². The van der Waals surface area contributed by atoms with Crippen LogP contribution in [-0.2, 0) is 11.3 Å². The van der Waals surface area contributed by atoms with Gasteiger partial charge in [-0.3, -0.25) is 9.59 Å². The van der Waals surface area contributed by atoms with E-state index in [1.807, 2.05) is 24.3 Å². The number of anilines is 1. The number of amides is 1. The topological polar surface area (TPSA) is 75.4 Å². The Hall–Kier alpha value is -2.86. The van der Waals surface area contributed by atoms with Crippen molar-refractivity contribution in [1.82, 2.24) is 9.88 Å². The molecule has 0 spiro atoms. The van der Waals surface area contributed by atoms with Crippen molar-refractivity contribution in [3.8, 4) is 0 Å². The summed E-state index contributed by atoms with van der Waals surface area (Å²) < 4.78 is 5.75. The number of rotatable bonds is 7. The number of Topliss-reactive ketones (excluding diaryl/α,β-unsaturated/α-hetero) is 1. The largest absolute Gasteiger partial charge is 0.424 e. The molecule has 30 heavy (non-hydrogen) atoms. The molecule has 1 aliphatic rings. The molecule has 0 radical (unpaired) electrons. The normalized spacial score (nSPS) is 14.2. The number of benzene rings is 2. The van der Waals surface area contributed by atoms with Crippen LogP contribution >= 0.6 is 11.6 Å². The van der Waals surface area contributed by atoms with Gasteiger partial charge in [0, 0.05) is 23.2 Å². The number of hydrogen-bond acceptors (Lipinski definition) is 5. The third-order valence-electron chi connectivity index (χ3n) is 5.39. The molecule has 4 rings (SSSR count). The fourth-order valence-corrected chi connectivity index (χ4v) is 4.16. The van der Waals surface area contributed by atoms with Crippen LogP contribution in [0.2, 0.25) is 5.02 Å². The van der Waals surface area contributed by atoms with Gasteiger partial charge >= 0.3 is 0 Å². The number of hydrogen-bond donors (Lipinski definition) is 1. The SMILES string of the molecule is CC(=O)CN(C(=O)c1ccc2oc(NCc3cccc(Cl)c3)nc2c1)C1CCCC1. The van der Waals surface area contributed by atoms with Gasteiger partial charge in [-0.05, 0) is 55.7 Å². The molecule has 7 heteroatoms. The maximum atomic E-state index is 13.1. The van der Waals surface area contributed by atoms with Crippen LogP contribution in [0.5, 0.6) is 0 Å². The quantitative estimate of drug-likeness (QED) is 0.572. The molecule has 0 aliphatic heterocycles. The molecule has 2 aromatic carbocycles. The highest BCUT2D eigenvalue weighted by atomic mass is 35.5. The van der Waals surface area contributed by atoms with Gasteiger partial charge in [0.05, 0.1) is 6.54 Å². The van der Waals surface area contributed by atoms with Crippen molar-refractivity contribution in [3.63, 3.8) is 0 Å². The van der Waals surface area contributed by atoms with Gasteiger partial charge in [-0.2, -0.15) is 4.98 Å². The molecule has 0 unspecified atom stereocenters. The third-order valence-corrected chi connectivity index (χ3v) is 5.62. The average molecular weight is 426 g/mol. The fourth-order valence-electron chi connectivity index (χ4n) is 3.95. The van der Waals surface area contributed by atoms with Crippen molar-refractivity contribution >= 4 is 40.4 Å². The van der Waals surface area contributed by atoms with Gasteiger partial charge < -0.3 is 14.6 Å². The second-order valence-corrected chi connectivity index (χ2v) is 8.19. The van der Waals surface area contributed by atoms with Crippen molar-refractivity contribution in [2.45, 2.75) is 45.2 Å². The van der Waals surface area contributed by atoms with Crippen LogP contribution in [-0.4, -0.2) is 34.2 Å². The predicted molar refractivity (Wildman–Crippen MR) is 117 cm³/mol. The second kappa shape index (κ2) is 8.88. The Morgan fingerprint density at radius 2 is 2.00 bits per heavy atom. The molecule has 1 amide bonds. The monoisotopic (exact) mass is 425 g/mol. The molecule has 1 saturated carbocycles. The minimum absolute atomic E-state index is 0.00901. The van der Waals surface area contributed by atoms with Crippen molar-refractivity contribution in [1.29, 1.82) is 0 Å². The molecule has 6 nitrogen and oxygen atoms in total. The van der Waals surface area contributed by atoms with Crippen molar-refractivity contribution < 1.29 is 14.0 Å². The summed E-state index contributed by atoms with van der Waals surface area (Å²) in [5, 5.41) is 3.82. The molecule has 1 heterocycles. The first-order valence-electron chi connectivity index (χ1n) is 10.2. The Kier molecular flexibility index (Phi) is 6.04. The van der Waals surface area contributed by atoms with E-state index in [-0.39, 0.29) is 24.3 Å². The Morgan fingerprint density at radius 3 is 2.73 bits per heavy atom. The Labute approximate surface area is 180 Å². The standard InChI is InChI=1S/C23H24ClN3O3/c1-15(28)14-27(19-7-2-3-8-19)22(29)17-9-10-21-20(12-17)26-23(30-21)25-13-16-5-4-6-18(24)11-16/h4-6,9-12,19H,2-3,7-8,13-14H2,1H3,(H,25,26). The van der Waals surface area contributed by atoms with E-state index in [0.717, 1.165) is 31.2 Å². The lowest BCUT2D eigenvalue weighted by atomic mass is 10.1. The highest BCUT2D eigenvalue weighted by Gasteiger charge is 2.28. The number of carbonyl (C=O) groups excluding carboxylic acids is 2. The summed E-state index contributed by atoms with van der Waals surface area (Å²) in [6.45, 7) is 2.19. The van der Waals surface area contributed by atoms with E-state index in [1.165, 1.54) is 6.92 Å². The molecule has 3 aromatic rings. The molecule has 0 bridgehead atoms. The molecule has 0 atom stereocenters. The molecule has 1 aliphatic carbocycles. The number of ketones is 1. The van der Waals surface area contributed by atoms with Crippen molar-refractivity contribution in [3.05, 3.63) is 58.6 Å². The van der Waals surface area contributed by atoms with Crippen LogP contribution in [0.4, 0.5) is 6.01 Å². The first-order valence-corrected chi connectivity index (χ1v) is 10.6. The zero-order valence-corrected chi connectivity index (χ0v) is 17.6. The molecule has 156 valence electrons. The van der Waals surface area contributed by atoms with Crippen LogP contribution in [0.25, 0.3) is 11.1 Å². The summed E-state index contributed by atoms with van der Waals surface area (Å²) in [5.41, 5.74) is 2.73. The van der Waals surface area contributed by atoms with E-state index >= 15 is 0 Å². The minimum Gasteiger partial charge on any atom is -0.424 e. The zero-order valence-electron chi connectivity index (χ0n) is 16.9. The van der Waals surface area contributed by atoms with Crippen LogP contribution in [0, 0.1) is 0 Å². The van der Waals surface area contributed by atoms with Crippen molar-refractivity contribution in [2.75, 3.05) is 11.9 Å². The number of halogens is 1. The summed E-state index contributed by atoms with van der Waals surface area (Å²) in [6, 6.07) is 13.3. The summed E-state index contributed by atoms with van der Waals surface area (Å²) in [6.07, 6.45) is 4.08. The van der Waals surface area contributed by atoms with E-state index in [9.17, 15) is 9.59 Å². The van der Waals surface area contributed by atoms with Gasteiger partial charge in [-0.15, -0.1) is 0 Å². The second-order valence-electron chi connectivity index (χ2n) is 7.76. The van der Waals surface area contributed by atoms with E-state index in [2.05, 4.69) is 10.3 Å². The van der Waals surface area contributed by atoms with Crippen LogP contribution in [0.1, 0.15) is 48.5 Å². The number of carbonyl (C=O) groups is 2. The van der Waals surface area contributed by atoms with Gasteiger partial charge in [0.15, 0.2) is 5.58 Å². The molecule has 1 fully saturated rings. The lowest BCUT2D eigenvalue weighted by molar-refractivity contribution is -0.118. The van der Waals surface area contributed by atoms with E-state index < -0.39 is 0 Å². The minimum atomic E-state index is -0.129. The average Bonchev–Trinajstić information content (AvgIpc) is 3.39. The zero-order chi connectivity index (χ0) is 21.1. The Morgan fingerprint density at radius 1 is 1.20 bits per heavy atom. The maximum absolute atomic E-state index is 13.1. The van der Waals surface area contributed by atoms with Gasteiger partial charge in [0.1, 0.15) is 11.3 Å². The van der Waals surface area contributed by atoms with Crippen LogP contribution in [0.15, 0.2) is 46.9 Å². The lowest BCUT2D eigenvalue weighted by Crippen LogP contribution is -2.41. The first kappa shape index (κ1) is 20.4. The summed E-state index contributed by atoms with van der Waals surface area (Å²) in [5.74, 6) is -0.138. The molecule has 1 aromatic heterocycles. The van der Waals surface area contributed by atoms with Crippen LogP contribution < -0.4 is 5.32 Å². The lowest BCUT2D eigenvalue weighted by Gasteiger charge is -2.28. The van der Waals surface area contributed by atoms with Gasteiger partial charge in [0.25, 0.3) is 11.9 Å². The smallest absolute Gasteiger partial charge is 0.295 e. The van der Waals surface area contributed by atoms with E-state index in [0.29, 0.717) is 34.2 Å². The maximum Gasteiger partial charge on any atom is 0.295 e. The fraction of sp³-hybridized carbons (Fsp3) is 0.348. The molecular weight excluding hydrogens is 402 g/mol. The van der Waals surface area contributed by atoms with Crippen LogP contribution in [0.3, 0.4) is 0 Å². The number of oxazole rings is 1. The predicted octanol–water partition coefficient (Wildman–Crippen LogP) is 5.07. The highest BCUT2D eigenvalue weighted by Crippen LogP contribution is 2.26. The van der Waals surface area contributed by atoms with Gasteiger partial charge in [-0.1, -0.05) is 36.6 Å². The summed E-state index contributed by atoms with van der Waals surface area (Å²) >= 11 is 6.02. The number of nitrogens with one attached hydrogen (secondary N) is 1. The summed E-state index contributed by atoms with van der Waals surface area (Å²) in [7, 11) is 0. The highest BCUT2D eigenvalue weighted by molar-refractivity contribution is 6.30. The summed E-state index contributed by atoms with van der Waals surface area (Å²) in [4.78, 5) is 31.1. The van der Waals surface area contributed by atoms with E-state index in [1.54, 1.807) is 23.1 Å². The van der Waals surface area contributed by atoms with Gasteiger partial charge in [-0.25, -0.2) is 0 Å².